The summed E-state index contributed by atoms with van der Waals surface area (Å²) in [5, 5.41) is 2.82. The van der Waals surface area contributed by atoms with Crippen LogP contribution in [0, 0.1) is 0 Å². The molecule has 0 bridgehead atoms. The van der Waals surface area contributed by atoms with E-state index in [9.17, 15) is 9.59 Å². The molecule has 2 aromatic rings. The van der Waals surface area contributed by atoms with Crippen LogP contribution < -0.4 is 16.7 Å². The van der Waals surface area contributed by atoms with Crippen LogP contribution in [0.1, 0.15) is 19.8 Å². The van der Waals surface area contributed by atoms with Crippen molar-refractivity contribution in [2.45, 2.75) is 32.4 Å². The van der Waals surface area contributed by atoms with Crippen molar-refractivity contribution in [1.29, 1.82) is 0 Å². The van der Waals surface area contributed by atoms with Gasteiger partial charge in [0.1, 0.15) is 0 Å². The van der Waals surface area contributed by atoms with Crippen LogP contribution in [-0.2, 0) is 18.4 Å². The van der Waals surface area contributed by atoms with Gasteiger partial charge in [0.25, 0.3) is 0 Å². The summed E-state index contributed by atoms with van der Waals surface area (Å²) in [6.07, 6.45) is 1.03. The molecule has 0 aliphatic carbocycles. The number of para-hydroxylation sites is 2. The first kappa shape index (κ1) is 18.3. The lowest BCUT2D eigenvalue weighted by atomic mass is 10.2. The van der Waals surface area contributed by atoms with Gasteiger partial charge in [-0.05, 0) is 25.5 Å². The van der Waals surface area contributed by atoms with Crippen molar-refractivity contribution in [3.63, 3.8) is 0 Å². The van der Waals surface area contributed by atoms with E-state index in [2.05, 4.69) is 5.32 Å². The fourth-order valence-corrected chi connectivity index (χ4v) is 2.32. The summed E-state index contributed by atoms with van der Waals surface area (Å²) in [7, 11) is 1.74. The van der Waals surface area contributed by atoms with Gasteiger partial charge in [-0.3, -0.25) is 13.9 Å². The summed E-state index contributed by atoms with van der Waals surface area (Å²) in [6, 6.07) is 7.65. The number of imidazole rings is 1. The van der Waals surface area contributed by atoms with Crippen LogP contribution in [0.2, 0.25) is 0 Å². The first-order valence-corrected chi connectivity index (χ1v) is 7.17. The molecule has 22 heavy (non-hydrogen) atoms. The number of aromatic nitrogens is 2. The molecule has 2 rings (SSSR count). The maximum Gasteiger partial charge on any atom is 0.328 e. The van der Waals surface area contributed by atoms with Gasteiger partial charge < -0.3 is 11.1 Å². The molecule has 0 fully saturated rings. The summed E-state index contributed by atoms with van der Waals surface area (Å²) >= 11 is 0. The van der Waals surface area contributed by atoms with Gasteiger partial charge in [-0.25, -0.2) is 4.79 Å². The van der Waals surface area contributed by atoms with E-state index in [1.54, 1.807) is 16.2 Å². The molecule has 1 amide bonds. The quantitative estimate of drug-likeness (QED) is 0.831. The number of rotatable bonds is 6. The average Bonchev–Trinajstić information content (AvgIpc) is 2.69. The molecule has 3 N–H and O–H groups in total. The van der Waals surface area contributed by atoms with E-state index in [1.807, 2.05) is 31.2 Å². The Kier molecular flexibility index (Phi) is 6.64. The molecule has 0 spiro atoms. The van der Waals surface area contributed by atoms with Gasteiger partial charge in [-0.2, -0.15) is 0 Å². The minimum Gasteiger partial charge on any atom is -0.356 e. The van der Waals surface area contributed by atoms with Crippen molar-refractivity contribution >= 4 is 29.3 Å². The molecule has 1 atom stereocenters. The van der Waals surface area contributed by atoms with Crippen LogP contribution in [0.4, 0.5) is 0 Å². The monoisotopic (exact) mass is 326 g/mol. The fraction of sp³-hybridized carbons (Fsp3) is 0.467. The zero-order valence-electron chi connectivity index (χ0n) is 12.9. The fourth-order valence-electron chi connectivity index (χ4n) is 2.32. The molecule has 1 aromatic carbocycles. The van der Waals surface area contributed by atoms with Crippen LogP contribution in [-0.4, -0.2) is 27.6 Å². The Hall–Kier alpha value is -1.79. The molecule has 1 heterocycles. The van der Waals surface area contributed by atoms with Gasteiger partial charge in [0.05, 0.1) is 11.0 Å². The lowest BCUT2D eigenvalue weighted by molar-refractivity contribution is -0.121. The SMILES string of the molecule is CC(N)CCNC(=O)CCn1c(=O)n(C)c2ccccc21.Cl. The standard InChI is InChI=1S/C15H22N4O2.ClH/c1-11(16)7-9-17-14(20)8-10-19-13-6-4-3-5-12(13)18(2)15(19)21;/h3-6,11H,7-10,16H2,1-2H3,(H,17,20);1H. The molecule has 1 unspecified atom stereocenters. The van der Waals surface area contributed by atoms with Crippen LogP contribution >= 0.6 is 12.4 Å². The Balaban J connectivity index is 0.00000242. The number of hydrogen-bond acceptors (Lipinski definition) is 3. The average molecular weight is 327 g/mol. The topological polar surface area (TPSA) is 82.1 Å². The summed E-state index contributed by atoms with van der Waals surface area (Å²) in [5.41, 5.74) is 7.26. The number of aryl methyl sites for hydroxylation is 2. The van der Waals surface area contributed by atoms with Crippen LogP contribution in [0.25, 0.3) is 11.0 Å². The third-order valence-electron chi connectivity index (χ3n) is 3.54. The van der Waals surface area contributed by atoms with Crippen molar-refractivity contribution < 1.29 is 4.79 Å². The van der Waals surface area contributed by atoms with Gasteiger partial charge in [0, 0.05) is 32.6 Å². The molecule has 0 saturated heterocycles. The molecule has 122 valence electrons. The number of benzene rings is 1. The van der Waals surface area contributed by atoms with E-state index in [4.69, 9.17) is 5.73 Å². The largest absolute Gasteiger partial charge is 0.356 e. The Labute approximate surface area is 135 Å². The van der Waals surface area contributed by atoms with Gasteiger partial charge in [-0.1, -0.05) is 12.1 Å². The number of amides is 1. The van der Waals surface area contributed by atoms with Gasteiger partial charge in [0.15, 0.2) is 0 Å². The van der Waals surface area contributed by atoms with Crippen LogP contribution in [0.15, 0.2) is 29.1 Å². The minimum absolute atomic E-state index is 0. The highest BCUT2D eigenvalue weighted by molar-refractivity contribution is 5.85. The normalized spacial score (nSPS) is 12.0. The third kappa shape index (κ3) is 4.11. The lowest BCUT2D eigenvalue weighted by Crippen LogP contribution is -2.30. The van der Waals surface area contributed by atoms with Crippen LogP contribution in [0.3, 0.4) is 0 Å². The van der Waals surface area contributed by atoms with Gasteiger partial charge >= 0.3 is 5.69 Å². The smallest absolute Gasteiger partial charge is 0.328 e. The van der Waals surface area contributed by atoms with E-state index in [1.165, 1.54) is 0 Å². The highest BCUT2D eigenvalue weighted by Crippen LogP contribution is 2.11. The Morgan fingerprint density at radius 3 is 2.59 bits per heavy atom. The minimum atomic E-state index is -0.0976. The van der Waals surface area contributed by atoms with Gasteiger partial charge in [-0.15, -0.1) is 12.4 Å². The lowest BCUT2D eigenvalue weighted by Gasteiger charge is -2.07. The third-order valence-corrected chi connectivity index (χ3v) is 3.54. The van der Waals surface area contributed by atoms with Crippen molar-refractivity contribution in [1.82, 2.24) is 14.5 Å². The highest BCUT2D eigenvalue weighted by Gasteiger charge is 2.11. The zero-order valence-corrected chi connectivity index (χ0v) is 13.7. The number of nitrogens with two attached hydrogens (primary N) is 1. The number of fused-ring (bicyclic) bond motifs is 1. The molecular formula is C15H23ClN4O2. The van der Waals surface area contributed by atoms with Crippen molar-refractivity contribution in [2.24, 2.45) is 12.8 Å². The summed E-state index contributed by atoms with van der Waals surface area (Å²) < 4.78 is 3.24. The number of hydrogen-bond donors (Lipinski definition) is 2. The summed E-state index contributed by atoms with van der Waals surface area (Å²) in [5.74, 6) is -0.0597. The predicted octanol–water partition coefficient (Wildman–Crippen LogP) is 1.01. The Morgan fingerprint density at radius 2 is 1.95 bits per heavy atom. The molecular weight excluding hydrogens is 304 g/mol. The number of nitrogens with zero attached hydrogens (tertiary/aromatic N) is 2. The summed E-state index contributed by atoms with van der Waals surface area (Å²) in [4.78, 5) is 24.0. The maximum absolute atomic E-state index is 12.2. The number of carbonyl (C=O) groups is 1. The second-order valence-electron chi connectivity index (χ2n) is 5.35. The second-order valence-corrected chi connectivity index (χ2v) is 5.35. The second kappa shape index (κ2) is 8.00. The Bertz CT molecular complexity index is 690. The van der Waals surface area contributed by atoms with E-state index in [0.717, 1.165) is 17.5 Å². The predicted molar refractivity (Wildman–Crippen MR) is 90.3 cm³/mol. The number of carbonyl (C=O) groups excluding carboxylic acids is 1. The molecule has 0 aliphatic rings. The number of halogens is 1. The first-order chi connectivity index (χ1) is 10.0. The molecule has 0 aliphatic heterocycles. The van der Waals surface area contributed by atoms with E-state index >= 15 is 0 Å². The molecule has 1 aromatic heterocycles. The maximum atomic E-state index is 12.2. The molecule has 0 radical (unpaired) electrons. The van der Waals surface area contributed by atoms with Crippen LogP contribution in [0.5, 0.6) is 0 Å². The van der Waals surface area contributed by atoms with Gasteiger partial charge in [0.2, 0.25) is 5.91 Å². The van der Waals surface area contributed by atoms with Crippen molar-refractivity contribution in [3.05, 3.63) is 34.7 Å². The molecule has 7 heteroatoms. The molecule has 0 saturated carbocycles. The van der Waals surface area contributed by atoms with E-state index in [-0.39, 0.29) is 36.5 Å². The number of nitrogens with one attached hydrogen (secondary N) is 1. The Morgan fingerprint density at radius 1 is 1.32 bits per heavy atom. The highest BCUT2D eigenvalue weighted by atomic mass is 35.5. The van der Waals surface area contributed by atoms with E-state index < -0.39 is 0 Å². The first-order valence-electron chi connectivity index (χ1n) is 7.17. The summed E-state index contributed by atoms with van der Waals surface area (Å²) in [6.45, 7) is 2.85. The zero-order chi connectivity index (χ0) is 15.4. The van der Waals surface area contributed by atoms with Crippen molar-refractivity contribution in [3.8, 4) is 0 Å². The van der Waals surface area contributed by atoms with Crippen molar-refractivity contribution in [2.75, 3.05) is 6.54 Å². The van der Waals surface area contributed by atoms with E-state index in [0.29, 0.717) is 13.1 Å². The molecule has 6 nitrogen and oxygen atoms in total.